The van der Waals surface area contributed by atoms with Crippen LogP contribution >= 0.6 is 0 Å². The Kier molecular flexibility index (Phi) is 4.03. The number of H-pyrrole nitrogens is 2. The van der Waals surface area contributed by atoms with E-state index in [1.165, 1.54) is 0 Å². The molecular formula is C19H13N5O3. The molecule has 2 heterocycles. The third-order valence-corrected chi connectivity index (χ3v) is 4.03. The Balaban J connectivity index is 1.57. The summed E-state index contributed by atoms with van der Waals surface area (Å²) in [5, 5.41) is 26.9. The zero-order valence-corrected chi connectivity index (χ0v) is 13.9. The van der Waals surface area contributed by atoms with E-state index in [9.17, 15) is 15.2 Å². The lowest BCUT2D eigenvalue weighted by Crippen LogP contribution is -2.10. The number of carbonyl (C=O) groups excluding carboxylic acids is 1. The van der Waals surface area contributed by atoms with Crippen molar-refractivity contribution in [3.05, 3.63) is 65.8 Å². The maximum absolute atomic E-state index is 12.3. The van der Waals surface area contributed by atoms with Crippen molar-refractivity contribution in [3.63, 3.8) is 0 Å². The molecule has 0 fully saturated rings. The molecule has 0 amide bonds. The number of rotatable bonds is 4. The van der Waals surface area contributed by atoms with E-state index in [1.807, 2.05) is 24.3 Å². The van der Waals surface area contributed by atoms with E-state index in [4.69, 9.17) is 4.74 Å². The van der Waals surface area contributed by atoms with Crippen LogP contribution in [0.1, 0.15) is 16.3 Å². The molecule has 0 unspecified atom stereocenters. The molecule has 4 rings (SSSR count). The second-order valence-electron chi connectivity index (χ2n) is 5.73. The zero-order valence-electron chi connectivity index (χ0n) is 13.9. The van der Waals surface area contributed by atoms with Gasteiger partial charge in [-0.1, -0.05) is 30.3 Å². The molecule has 8 heteroatoms. The summed E-state index contributed by atoms with van der Waals surface area (Å²) in [5.74, 6) is -0.900. The third-order valence-electron chi connectivity index (χ3n) is 4.03. The number of fused-ring (bicyclic) bond motifs is 2. The monoisotopic (exact) mass is 359 g/mol. The number of nitrogens with one attached hydrogen (secondary N) is 2. The summed E-state index contributed by atoms with van der Waals surface area (Å²) in [6, 6.07) is 16.2. The standard InChI is InChI=1S/C19H13N5O3/c20-9-12(18-21-14-7-3-4-8-15(14)22-18)16(25)10-27-19(26)17-11-5-1-2-6-13(11)23-24-17/h1-8,25H,10H2,(H,21,22)(H,23,24). The van der Waals surface area contributed by atoms with Crippen molar-refractivity contribution in [1.82, 2.24) is 20.2 Å². The van der Waals surface area contributed by atoms with Gasteiger partial charge in [0, 0.05) is 5.39 Å². The summed E-state index contributed by atoms with van der Waals surface area (Å²) in [5.41, 5.74) is 2.11. The number of aliphatic hydroxyl groups excluding tert-OH is 1. The highest BCUT2D eigenvalue weighted by Crippen LogP contribution is 2.20. The molecule has 27 heavy (non-hydrogen) atoms. The number of aromatic amines is 2. The van der Waals surface area contributed by atoms with Gasteiger partial charge < -0.3 is 14.8 Å². The van der Waals surface area contributed by atoms with Crippen LogP contribution in [0.2, 0.25) is 0 Å². The molecule has 4 aromatic rings. The van der Waals surface area contributed by atoms with Crippen molar-refractivity contribution in [2.45, 2.75) is 0 Å². The van der Waals surface area contributed by atoms with E-state index >= 15 is 0 Å². The summed E-state index contributed by atoms with van der Waals surface area (Å²) in [6.07, 6.45) is 0. The fourth-order valence-electron chi connectivity index (χ4n) is 2.72. The number of hydrogen-bond donors (Lipinski definition) is 3. The van der Waals surface area contributed by atoms with Crippen LogP contribution in [0, 0.1) is 11.3 Å². The highest BCUT2D eigenvalue weighted by Gasteiger charge is 2.18. The summed E-state index contributed by atoms with van der Waals surface area (Å²) >= 11 is 0. The average molecular weight is 359 g/mol. The predicted molar refractivity (Wildman–Crippen MR) is 97.6 cm³/mol. The molecular weight excluding hydrogens is 346 g/mol. The molecule has 2 aromatic carbocycles. The lowest BCUT2D eigenvalue weighted by molar-refractivity contribution is 0.0498. The molecule has 0 saturated carbocycles. The fourth-order valence-corrected chi connectivity index (χ4v) is 2.72. The topological polar surface area (TPSA) is 128 Å². The van der Waals surface area contributed by atoms with E-state index in [0.717, 1.165) is 5.52 Å². The minimum absolute atomic E-state index is 0.0918. The Labute approximate surface area is 152 Å². The van der Waals surface area contributed by atoms with Crippen LogP contribution in [0.3, 0.4) is 0 Å². The maximum atomic E-state index is 12.3. The zero-order chi connectivity index (χ0) is 18.8. The number of allylic oxidation sites excluding steroid dienone is 1. The van der Waals surface area contributed by atoms with Gasteiger partial charge in [0.1, 0.15) is 18.2 Å². The first kappa shape index (κ1) is 16.4. The first-order valence-corrected chi connectivity index (χ1v) is 8.05. The molecule has 0 aliphatic heterocycles. The summed E-state index contributed by atoms with van der Waals surface area (Å²) < 4.78 is 5.11. The molecule has 0 bridgehead atoms. The van der Waals surface area contributed by atoms with Crippen molar-refractivity contribution in [2.75, 3.05) is 6.61 Å². The van der Waals surface area contributed by atoms with Gasteiger partial charge in [-0.2, -0.15) is 10.4 Å². The minimum Gasteiger partial charge on any atom is -0.507 e. The number of aromatic nitrogens is 4. The number of hydrogen-bond acceptors (Lipinski definition) is 6. The van der Waals surface area contributed by atoms with Crippen molar-refractivity contribution in [3.8, 4) is 6.07 Å². The average Bonchev–Trinajstić information content (AvgIpc) is 3.30. The summed E-state index contributed by atoms with van der Waals surface area (Å²) in [4.78, 5) is 19.5. The second-order valence-corrected chi connectivity index (χ2v) is 5.73. The molecule has 0 spiro atoms. The molecule has 0 radical (unpaired) electrons. The number of para-hydroxylation sites is 3. The van der Waals surface area contributed by atoms with E-state index < -0.39 is 18.3 Å². The fraction of sp³-hybridized carbons (Fsp3) is 0.0526. The van der Waals surface area contributed by atoms with Crippen LogP contribution in [0.25, 0.3) is 27.5 Å². The van der Waals surface area contributed by atoms with E-state index in [-0.39, 0.29) is 17.1 Å². The summed E-state index contributed by atoms with van der Waals surface area (Å²) in [6.45, 7) is -0.472. The van der Waals surface area contributed by atoms with Crippen LogP contribution in [-0.2, 0) is 4.74 Å². The molecule has 8 nitrogen and oxygen atoms in total. The highest BCUT2D eigenvalue weighted by molar-refractivity contribution is 6.01. The molecule has 0 aliphatic rings. The normalized spacial score (nSPS) is 12.0. The first-order chi connectivity index (χ1) is 13.2. The van der Waals surface area contributed by atoms with Gasteiger partial charge in [-0.25, -0.2) is 9.78 Å². The largest absolute Gasteiger partial charge is 0.507 e. The van der Waals surface area contributed by atoms with Crippen LogP contribution in [-0.4, -0.2) is 37.8 Å². The van der Waals surface area contributed by atoms with Gasteiger partial charge in [0.25, 0.3) is 0 Å². The minimum atomic E-state index is -0.708. The Morgan fingerprint density at radius 1 is 1.15 bits per heavy atom. The smallest absolute Gasteiger partial charge is 0.359 e. The van der Waals surface area contributed by atoms with E-state index in [1.54, 1.807) is 30.3 Å². The summed E-state index contributed by atoms with van der Waals surface area (Å²) in [7, 11) is 0. The maximum Gasteiger partial charge on any atom is 0.359 e. The number of nitriles is 1. The Morgan fingerprint density at radius 2 is 1.89 bits per heavy atom. The molecule has 132 valence electrons. The van der Waals surface area contributed by atoms with Crippen LogP contribution in [0.5, 0.6) is 0 Å². The van der Waals surface area contributed by atoms with Gasteiger partial charge in [-0.3, -0.25) is 5.10 Å². The number of nitrogens with zero attached hydrogens (tertiary/aromatic N) is 3. The SMILES string of the molecule is N#CC(=C(O)COC(=O)c1n[nH]c2ccccc12)c1nc2ccccc2[nH]1. The predicted octanol–water partition coefficient (Wildman–Crippen LogP) is 3.09. The van der Waals surface area contributed by atoms with Crippen LogP contribution < -0.4 is 0 Å². The van der Waals surface area contributed by atoms with Gasteiger partial charge in [-0.05, 0) is 18.2 Å². The Morgan fingerprint density at radius 3 is 2.67 bits per heavy atom. The van der Waals surface area contributed by atoms with E-state index in [2.05, 4.69) is 20.2 Å². The van der Waals surface area contributed by atoms with Gasteiger partial charge in [0.15, 0.2) is 17.3 Å². The van der Waals surface area contributed by atoms with Crippen LogP contribution in [0.15, 0.2) is 54.3 Å². The molecule has 3 N–H and O–H groups in total. The number of carbonyl (C=O) groups is 1. The molecule has 0 aliphatic carbocycles. The number of benzene rings is 2. The number of ether oxygens (including phenoxy) is 1. The molecule has 0 atom stereocenters. The molecule has 0 saturated heterocycles. The van der Waals surface area contributed by atoms with Gasteiger partial charge in [0.2, 0.25) is 0 Å². The first-order valence-electron chi connectivity index (χ1n) is 8.05. The third kappa shape index (κ3) is 2.98. The van der Waals surface area contributed by atoms with Gasteiger partial charge in [-0.15, -0.1) is 0 Å². The van der Waals surface area contributed by atoms with Gasteiger partial charge >= 0.3 is 5.97 Å². The Hall–Kier alpha value is -4.12. The number of esters is 1. The van der Waals surface area contributed by atoms with E-state index in [0.29, 0.717) is 16.4 Å². The number of aliphatic hydroxyl groups is 1. The van der Waals surface area contributed by atoms with Crippen molar-refractivity contribution >= 4 is 33.5 Å². The van der Waals surface area contributed by atoms with Crippen molar-refractivity contribution in [2.24, 2.45) is 0 Å². The number of imidazole rings is 1. The Bertz CT molecular complexity index is 1200. The quantitative estimate of drug-likeness (QED) is 0.292. The molecule has 2 aromatic heterocycles. The van der Waals surface area contributed by atoms with Crippen molar-refractivity contribution < 1.29 is 14.6 Å². The van der Waals surface area contributed by atoms with Gasteiger partial charge in [0.05, 0.1) is 16.6 Å². The second kappa shape index (κ2) is 6.65. The van der Waals surface area contributed by atoms with Crippen molar-refractivity contribution in [1.29, 1.82) is 5.26 Å². The lowest BCUT2D eigenvalue weighted by Gasteiger charge is -2.04. The highest BCUT2D eigenvalue weighted by atomic mass is 16.5. The van der Waals surface area contributed by atoms with Crippen LogP contribution in [0.4, 0.5) is 0 Å². The lowest BCUT2D eigenvalue weighted by atomic mass is 10.2.